The Hall–Kier alpha value is -0.770. The smallest absolute Gasteiger partial charge is 0.125 e. The number of rotatable bonds is 6. The van der Waals surface area contributed by atoms with Gasteiger partial charge < -0.3 is 15.2 Å². The van der Waals surface area contributed by atoms with Gasteiger partial charge >= 0.3 is 0 Å². The molecule has 108 valence electrons. The summed E-state index contributed by atoms with van der Waals surface area (Å²) in [5.74, 6) is 0.908. The third-order valence-corrected chi connectivity index (χ3v) is 3.24. The molecule has 0 saturated heterocycles. The maximum Gasteiger partial charge on any atom is 0.125 e. The van der Waals surface area contributed by atoms with Gasteiger partial charge in [-0.05, 0) is 44.7 Å². The molecule has 1 aromatic rings. The van der Waals surface area contributed by atoms with Crippen molar-refractivity contribution in [3.63, 3.8) is 0 Å². The number of aryl methyl sites for hydroxylation is 3. The Kier molecular flexibility index (Phi) is 6.11. The number of hydrogen-bond donors (Lipinski definition) is 2. The van der Waals surface area contributed by atoms with Crippen LogP contribution in [0.15, 0.2) is 12.1 Å². The molecule has 1 aliphatic rings. The molecule has 0 heterocycles. The van der Waals surface area contributed by atoms with Gasteiger partial charge in [-0.15, -0.1) is 12.4 Å². The molecule has 0 bridgehead atoms. The molecule has 1 atom stereocenters. The third-order valence-electron chi connectivity index (χ3n) is 3.24. The van der Waals surface area contributed by atoms with Crippen LogP contribution in [0.3, 0.4) is 0 Å². The van der Waals surface area contributed by atoms with E-state index < -0.39 is 6.10 Å². The Labute approximate surface area is 121 Å². The average Bonchev–Trinajstić information content (AvgIpc) is 3.08. The predicted molar refractivity (Wildman–Crippen MR) is 80.4 cm³/mol. The first-order valence-electron chi connectivity index (χ1n) is 6.68. The van der Waals surface area contributed by atoms with Gasteiger partial charge in [0, 0.05) is 12.6 Å². The maximum atomic E-state index is 9.84. The zero-order valence-corrected chi connectivity index (χ0v) is 12.7. The Bertz CT molecular complexity index is 396. The standard InChI is InChI=1S/C15H23NO2.ClH/c1-10-6-11(2)15(12(3)7-10)18-9-14(17)8-16-13-4-5-13;/h6-7,13-14,16-17H,4-5,8-9H2,1-3H3;1H. The first-order chi connectivity index (χ1) is 8.56. The van der Waals surface area contributed by atoms with Gasteiger partial charge in [0.15, 0.2) is 0 Å². The van der Waals surface area contributed by atoms with Gasteiger partial charge in [-0.25, -0.2) is 0 Å². The number of ether oxygens (including phenoxy) is 1. The van der Waals surface area contributed by atoms with E-state index in [1.807, 2.05) is 13.8 Å². The molecular formula is C15H24ClNO2. The fourth-order valence-electron chi connectivity index (χ4n) is 2.22. The SMILES string of the molecule is Cc1cc(C)c(OCC(O)CNC2CC2)c(C)c1.Cl. The predicted octanol–water partition coefficient (Wildman–Crippen LogP) is 2.53. The Morgan fingerprint density at radius 1 is 1.26 bits per heavy atom. The van der Waals surface area contributed by atoms with Crippen molar-refractivity contribution in [2.45, 2.75) is 45.8 Å². The third kappa shape index (κ3) is 5.01. The molecule has 0 amide bonds. The lowest BCUT2D eigenvalue weighted by Gasteiger charge is -2.16. The second-order valence-electron chi connectivity index (χ2n) is 5.38. The van der Waals surface area contributed by atoms with Gasteiger partial charge in [-0.3, -0.25) is 0 Å². The normalized spacial score (nSPS) is 15.8. The molecule has 0 spiro atoms. The molecule has 2 rings (SSSR count). The summed E-state index contributed by atoms with van der Waals surface area (Å²) >= 11 is 0. The summed E-state index contributed by atoms with van der Waals surface area (Å²) in [4.78, 5) is 0. The van der Waals surface area contributed by atoms with Crippen molar-refractivity contribution in [3.8, 4) is 5.75 Å². The van der Waals surface area contributed by atoms with Crippen LogP contribution in [0.1, 0.15) is 29.5 Å². The van der Waals surface area contributed by atoms with Crippen LogP contribution in [0.25, 0.3) is 0 Å². The molecule has 0 aromatic heterocycles. The van der Waals surface area contributed by atoms with E-state index in [-0.39, 0.29) is 12.4 Å². The van der Waals surface area contributed by atoms with Crippen LogP contribution in [0, 0.1) is 20.8 Å². The van der Waals surface area contributed by atoms with E-state index in [2.05, 4.69) is 24.4 Å². The highest BCUT2D eigenvalue weighted by atomic mass is 35.5. The van der Waals surface area contributed by atoms with Crippen LogP contribution >= 0.6 is 12.4 Å². The molecule has 2 N–H and O–H groups in total. The van der Waals surface area contributed by atoms with Crippen molar-refractivity contribution >= 4 is 12.4 Å². The van der Waals surface area contributed by atoms with Crippen molar-refractivity contribution in [1.82, 2.24) is 5.32 Å². The topological polar surface area (TPSA) is 41.5 Å². The molecule has 1 aliphatic carbocycles. The second-order valence-corrected chi connectivity index (χ2v) is 5.38. The molecule has 1 saturated carbocycles. The minimum Gasteiger partial charge on any atom is -0.490 e. The lowest BCUT2D eigenvalue weighted by atomic mass is 10.1. The highest BCUT2D eigenvalue weighted by molar-refractivity contribution is 5.85. The van der Waals surface area contributed by atoms with Crippen LogP contribution in [-0.2, 0) is 0 Å². The monoisotopic (exact) mass is 285 g/mol. The molecule has 0 radical (unpaired) electrons. The average molecular weight is 286 g/mol. The molecule has 19 heavy (non-hydrogen) atoms. The van der Waals surface area contributed by atoms with Gasteiger partial charge in [0.1, 0.15) is 18.5 Å². The zero-order chi connectivity index (χ0) is 13.1. The molecule has 1 aromatic carbocycles. The highest BCUT2D eigenvalue weighted by Crippen LogP contribution is 2.24. The van der Waals surface area contributed by atoms with Crippen molar-refractivity contribution < 1.29 is 9.84 Å². The number of nitrogens with one attached hydrogen (secondary N) is 1. The Balaban J connectivity index is 0.00000180. The van der Waals surface area contributed by atoms with E-state index >= 15 is 0 Å². The first kappa shape index (κ1) is 16.3. The minimum atomic E-state index is -0.439. The van der Waals surface area contributed by atoms with Crippen LogP contribution < -0.4 is 10.1 Å². The summed E-state index contributed by atoms with van der Waals surface area (Å²) in [6, 6.07) is 4.84. The summed E-state index contributed by atoms with van der Waals surface area (Å²) < 4.78 is 5.75. The minimum absolute atomic E-state index is 0. The van der Waals surface area contributed by atoms with E-state index in [0.29, 0.717) is 19.2 Å². The molecule has 4 heteroatoms. The van der Waals surface area contributed by atoms with Crippen molar-refractivity contribution in [1.29, 1.82) is 0 Å². The Morgan fingerprint density at radius 2 is 1.84 bits per heavy atom. The van der Waals surface area contributed by atoms with Crippen molar-refractivity contribution in [2.75, 3.05) is 13.2 Å². The van der Waals surface area contributed by atoms with Gasteiger partial charge in [0.25, 0.3) is 0 Å². The van der Waals surface area contributed by atoms with E-state index in [1.54, 1.807) is 0 Å². The molecule has 1 fully saturated rings. The van der Waals surface area contributed by atoms with E-state index in [1.165, 1.54) is 18.4 Å². The lowest BCUT2D eigenvalue weighted by Crippen LogP contribution is -2.32. The quantitative estimate of drug-likeness (QED) is 0.844. The fraction of sp³-hybridized carbons (Fsp3) is 0.600. The van der Waals surface area contributed by atoms with Gasteiger partial charge in [-0.2, -0.15) is 0 Å². The Morgan fingerprint density at radius 3 is 2.37 bits per heavy atom. The van der Waals surface area contributed by atoms with Crippen LogP contribution in [0.4, 0.5) is 0 Å². The molecule has 3 nitrogen and oxygen atoms in total. The zero-order valence-electron chi connectivity index (χ0n) is 11.9. The molecule has 1 unspecified atom stereocenters. The van der Waals surface area contributed by atoms with E-state index in [4.69, 9.17) is 4.74 Å². The maximum absolute atomic E-state index is 9.84. The van der Waals surface area contributed by atoms with Gasteiger partial charge in [0.05, 0.1) is 0 Å². The van der Waals surface area contributed by atoms with Crippen molar-refractivity contribution in [3.05, 3.63) is 28.8 Å². The summed E-state index contributed by atoms with van der Waals surface area (Å²) in [6.07, 6.45) is 2.04. The largest absolute Gasteiger partial charge is 0.490 e. The van der Waals surface area contributed by atoms with Crippen molar-refractivity contribution in [2.24, 2.45) is 0 Å². The highest BCUT2D eigenvalue weighted by Gasteiger charge is 2.21. The van der Waals surface area contributed by atoms with Gasteiger partial charge in [0.2, 0.25) is 0 Å². The number of halogens is 1. The fourth-order valence-corrected chi connectivity index (χ4v) is 2.22. The summed E-state index contributed by atoms with van der Waals surface area (Å²) in [5.41, 5.74) is 3.51. The number of hydrogen-bond acceptors (Lipinski definition) is 3. The van der Waals surface area contributed by atoms with E-state index in [9.17, 15) is 5.11 Å². The van der Waals surface area contributed by atoms with Gasteiger partial charge in [-0.1, -0.05) is 17.7 Å². The summed E-state index contributed by atoms with van der Waals surface area (Å²) in [6.45, 7) is 7.14. The van der Waals surface area contributed by atoms with E-state index in [0.717, 1.165) is 16.9 Å². The summed E-state index contributed by atoms with van der Waals surface area (Å²) in [7, 11) is 0. The number of aliphatic hydroxyl groups is 1. The second kappa shape index (κ2) is 7.13. The molecule has 0 aliphatic heterocycles. The lowest BCUT2D eigenvalue weighted by molar-refractivity contribution is 0.105. The number of aliphatic hydroxyl groups excluding tert-OH is 1. The number of benzene rings is 1. The van der Waals surface area contributed by atoms with Crippen LogP contribution in [0.2, 0.25) is 0 Å². The first-order valence-corrected chi connectivity index (χ1v) is 6.68. The summed E-state index contributed by atoms with van der Waals surface area (Å²) in [5, 5.41) is 13.1. The van der Waals surface area contributed by atoms with Crippen LogP contribution in [-0.4, -0.2) is 30.4 Å². The molecular weight excluding hydrogens is 262 g/mol. The van der Waals surface area contributed by atoms with Crippen LogP contribution in [0.5, 0.6) is 5.75 Å².